The second kappa shape index (κ2) is 6.72. The number of nitrogens with zero attached hydrogens (tertiary/aromatic N) is 3. The Morgan fingerprint density at radius 1 is 1.37 bits per heavy atom. The number of hydrogen-bond acceptors (Lipinski definition) is 3. The second-order valence-electron chi connectivity index (χ2n) is 4.25. The minimum absolute atomic E-state index is 0.165. The van der Waals surface area contributed by atoms with Crippen LogP contribution in [0.25, 0.3) is 5.69 Å². The van der Waals surface area contributed by atoms with Crippen LogP contribution in [0.4, 0.5) is 0 Å². The minimum atomic E-state index is 0.165. The zero-order valence-corrected chi connectivity index (χ0v) is 11.1. The Hall–Kier alpha value is -2.12. The van der Waals surface area contributed by atoms with E-state index in [0.29, 0.717) is 0 Å². The molecular formula is C15H18N4. The predicted octanol–water partition coefficient (Wildman–Crippen LogP) is 2.33. The Kier molecular flexibility index (Phi) is 4.71. The van der Waals surface area contributed by atoms with Crippen molar-refractivity contribution in [2.24, 2.45) is 0 Å². The van der Waals surface area contributed by atoms with Gasteiger partial charge in [0.1, 0.15) is 5.69 Å². The van der Waals surface area contributed by atoms with Crippen molar-refractivity contribution in [2.45, 2.75) is 25.8 Å². The molecule has 4 heteroatoms. The lowest BCUT2D eigenvalue weighted by molar-refractivity contribution is 0.506. The molecule has 0 aliphatic heterocycles. The molecule has 98 valence electrons. The van der Waals surface area contributed by atoms with E-state index in [0.717, 1.165) is 30.8 Å². The summed E-state index contributed by atoms with van der Waals surface area (Å²) in [7, 11) is 0. The molecule has 4 nitrogen and oxygen atoms in total. The van der Waals surface area contributed by atoms with Crippen LogP contribution >= 0.6 is 0 Å². The largest absolute Gasteiger partial charge is 0.309 e. The second-order valence-corrected chi connectivity index (χ2v) is 4.25. The average Bonchev–Trinajstić information content (AvgIpc) is 2.94. The Morgan fingerprint density at radius 3 is 2.84 bits per heavy atom. The number of rotatable bonds is 6. The van der Waals surface area contributed by atoms with E-state index in [2.05, 4.69) is 28.4 Å². The molecule has 1 atom stereocenters. The van der Waals surface area contributed by atoms with E-state index in [9.17, 15) is 0 Å². The smallest absolute Gasteiger partial charge is 0.100 e. The average molecular weight is 254 g/mol. The lowest BCUT2D eigenvalue weighted by atomic mass is 10.1. The highest BCUT2D eigenvalue weighted by atomic mass is 15.5. The van der Waals surface area contributed by atoms with Gasteiger partial charge in [-0.2, -0.15) is 15.0 Å². The summed E-state index contributed by atoms with van der Waals surface area (Å²) < 4.78 is 0. The Labute approximate surface area is 113 Å². The van der Waals surface area contributed by atoms with E-state index in [1.54, 1.807) is 11.0 Å². The summed E-state index contributed by atoms with van der Waals surface area (Å²) >= 11 is 0. The molecule has 0 radical (unpaired) electrons. The third-order valence-corrected chi connectivity index (χ3v) is 2.88. The highest BCUT2D eigenvalue weighted by molar-refractivity contribution is 5.28. The third kappa shape index (κ3) is 3.43. The molecule has 0 fully saturated rings. The summed E-state index contributed by atoms with van der Waals surface area (Å²) in [5, 5.41) is 12.2. The summed E-state index contributed by atoms with van der Waals surface area (Å²) in [5.74, 6) is 2.67. The molecule has 2 aromatic rings. The monoisotopic (exact) mass is 254 g/mol. The van der Waals surface area contributed by atoms with Crippen LogP contribution in [0.3, 0.4) is 0 Å². The van der Waals surface area contributed by atoms with Crippen LogP contribution < -0.4 is 5.32 Å². The lowest BCUT2D eigenvalue weighted by Gasteiger charge is -2.13. The first kappa shape index (κ1) is 13.3. The quantitative estimate of drug-likeness (QED) is 0.805. The van der Waals surface area contributed by atoms with Crippen LogP contribution in [0, 0.1) is 12.3 Å². The van der Waals surface area contributed by atoms with Crippen molar-refractivity contribution in [3.63, 3.8) is 0 Å². The number of benzene rings is 1. The summed E-state index contributed by atoms with van der Waals surface area (Å²) in [4.78, 5) is 1.65. The summed E-state index contributed by atoms with van der Waals surface area (Å²) in [6, 6.07) is 10.0. The van der Waals surface area contributed by atoms with Gasteiger partial charge in [-0.1, -0.05) is 25.1 Å². The van der Waals surface area contributed by atoms with Gasteiger partial charge in [-0.15, -0.1) is 12.3 Å². The zero-order valence-electron chi connectivity index (χ0n) is 11.1. The first-order valence-electron chi connectivity index (χ1n) is 6.49. The molecule has 2 rings (SSSR count). The third-order valence-electron chi connectivity index (χ3n) is 2.88. The van der Waals surface area contributed by atoms with Gasteiger partial charge in [-0.3, -0.25) is 0 Å². The van der Waals surface area contributed by atoms with Crippen LogP contribution in [0.1, 0.15) is 31.5 Å². The fourth-order valence-electron chi connectivity index (χ4n) is 1.95. The van der Waals surface area contributed by atoms with Gasteiger partial charge in [0, 0.05) is 6.42 Å². The van der Waals surface area contributed by atoms with Crippen molar-refractivity contribution >= 4 is 0 Å². The molecule has 1 N–H and O–H groups in total. The van der Waals surface area contributed by atoms with Gasteiger partial charge in [0.05, 0.1) is 17.9 Å². The number of terminal acetylenes is 1. The van der Waals surface area contributed by atoms with Gasteiger partial charge in [0.25, 0.3) is 0 Å². The summed E-state index contributed by atoms with van der Waals surface area (Å²) in [6.07, 6.45) is 8.74. The highest BCUT2D eigenvalue weighted by Gasteiger charge is 2.14. The topological polar surface area (TPSA) is 42.7 Å². The Bertz CT molecular complexity index is 539. The fourth-order valence-corrected chi connectivity index (χ4v) is 1.95. The van der Waals surface area contributed by atoms with Gasteiger partial charge in [0.2, 0.25) is 0 Å². The van der Waals surface area contributed by atoms with Crippen LogP contribution in [-0.4, -0.2) is 21.5 Å². The molecule has 1 unspecified atom stereocenters. The molecule has 0 saturated carbocycles. The summed E-state index contributed by atoms with van der Waals surface area (Å²) in [5.41, 5.74) is 1.89. The number of para-hydroxylation sites is 1. The van der Waals surface area contributed by atoms with Gasteiger partial charge in [-0.05, 0) is 25.1 Å². The van der Waals surface area contributed by atoms with Gasteiger partial charge in [-0.25, -0.2) is 0 Å². The van der Waals surface area contributed by atoms with Crippen molar-refractivity contribution in [3.8, 4) is 18.0 Å². The molecule has 1 aromatic heterocycles. The molecule has 1 heterocycles. The Morgan fingerprint density at radius 2 is 2.16 bits per heavy atom. The van der Waals surface area contributed by atoms with E-state index in [1.807, 2.05) is 30.3 Å². The molecule has 0 aliphatic carbocycles. The van der Waals surface area contributed by atoms with Crippen LogP contribution in [0.15, 0.2) is 36.5 Å². The van der Waals surface area contributed by atoms with Gasteiger partial charge < -0.3 is 5.32 Å². The summed E-state index contributed by atoms with van der Waals surface area (Å²) in [6.45, 7) is 2.96. The molecule has 1 aromatic carbocycles. The molecular weight excluding hydrogens is 236 g/mol. The maximum absolute atomic E-state index is 5.33. The van der Waals surface area contributed by atoms with Crippen LogP contribution in [-0.2, 0) is 0 Å². The maximum atomic E-state index is 5.33. The van der Waals surface area contributed by atoms with E-state index in [4.69, 9.17) is 6.42 Å². The normalized spacial score (nSPS) is 12.0. The SMILES string of the molecule is C#CCCC(NCC)c1cnn(-c2ccccc2)n1. The predicted molar refractivity (Wildman–Crippen MR) is 75.8 cm³/mol. The number of nitrogens with one attached hydrogen (secondary N) is 1. The molecule has 0 amide bonds. The standard InChI is InChI=1S/C15H18N4/c1-3-5-11-14(16-4-2)15-12-17-19(18-15)13-9-7-6-8-10-13/h1,6-10,12,14,16H,4-5,11H2,2H3. The van der Waals surface area contributed by atoms with E-state index >= 15 is 0 Å². The first-order valence-corrected chi connectivity index (χ1v) is 6.49. The van der Waals surface area contributed by atoms with E-state index in [-0.39, 0.29) is 6.04 Å². The number of aromatic nitrogens is 3. The maximum Gasteiger partial charge on any atom is 0.100 e. The minimum Gasteiger partial charge on any atom is -0.309 e. The fraction of sp³-hybridized carbons (Fsp3) is 0.333. The lowest BCUT2D eigenvalue weighted by Crippen LogP contribution is -2.21. The number of hydrogen-bond donors (Lipinski definition) is 1. The van der Waals surface area contributed by atoms with Crippen molar-refractivity contribution < 1.29 is 0 Å². The zero-order chi connectivity index (χ0) is 13.5. The van der Waals surface area contributed by atoms with Crippen molar-refractivity contribution in [3.05, 3.63) is 42.2 Å². The molecule has 0 bridgehead atoms. The highest BCUT2D eigenvalue weighted by Crippen LogP contribution is 2.16. The van der Waals surface area contributed by atoms with Gasteiger partial charge in [0.15, 0.2) is 0 Å². The molecule has 19 heavy (non-hydrogen) atoms. The molecule has 0 aliphatic rings. The van der Waals surface area contributed by atoms with E-state index < -0.39 is 0 Å². The van der Waals surface area contributed by atoms with Crippen molar-refractivity contribution in [1.82, 2.24) is 20.3 Å². The molecule has 0 saturated heterocycles. The molecule has 0 spiro atoms. The van der Waals surface area contributed by atoms with Crippen LogP contribution in [0.2, 0.25) is 0 Å². The van der Waals surface area contributed by atoms with E-state index in [1.165, 1.54) is 0 Å². The Balaban J connectivity index is 2.16. The van der Waals surface area contributed by atoms with Crippen molar-refractivity contribution in [1.29, 1.82) is 0 Å². The van der Waals surface area contributed by atoms with Crippen LogP contribution in [0.5, 0.6) is 0 Å². The first-order chi connectivity index (χ1) is 9.35. The van der Waals surface area contributed by atoms with Crippen molar-refractivity contribution in [2.75, 3.05) is 6.54 Å². The van der Waals surface area contributed by atoms with Gasteiger partial charge >= 0.3 is 0 Å².